The predicted octanol–water partition coefficient (Wildman–Crippen LogP) is 3.58. The molecule has 1 unspecified atom stereocenters. The lowest BCUT2D eigenvalue weighted by molar-refractivity contribution is 0.228. The van der Waals surface area contributed by atoms with E-state index in [-0.39, 0.29) is 0 Å². The minimum atomic E-state index is 0.388. The van der Waals surface area contributed by atoms with Crippen LogP contribution in [0.15, 0.2) is 54.9 Å². The highest BCUT2D eigenvalue weighted by molar-refractivity contribution is 5.41. The van der Waals surface area contributed by atoms with E-state index in [0.717, 1.165) is 25.3 Å². The molecule has 1 aromatic carbocycles. The number of pyridine rings is 1. The van der Waals surface area contributed by atoms with Gasteiger partial charge in [0, 0.05) is 24.6 Å². The minimum absolute atomic E-state index is 0.388. The Balaban J connectivity index is 2.11. The maximum Gasteiger partial charge on any atom is 0.0520 e. The van der Waals surface area contributed by atoms with Gasteiger partial charge in [0.1, 0.15) is 0 Å². The number of aromatic nitrogens is 1. The molecule has 0 amide bonds. The molecule has 0 aliphatic heterocycles. The van der Waals surface area contributed by atoms with Gasteiger partial charge in [-0.05, 0) is 30.8 Å². The van der Waals surface area contributed by atoms with Crippen LogP contribution < -0.4 is 5.32 Å². The first-order valence-electron chi connectivity index (χ1n) is 7.28. The number of nitrogens with zero attached hydrogens (tertiary/aromatic N) is 2. The van der Waals surface area contributed by atoms with Gasteiger partial charge in [0.15, 0.2) is 0 Å². The molecule has 1 aromatic heterocycles. The van der Waals surface area contributed by atoms with Crippen LogP contribution >= 0.6 is 0 Å². The van der Waals surface area contributed by atoms with E-state index in [1.807, 2.05) is 24.5 Å². The summed E-state index contributed by atoms with van der Waals surface area (Å²) in [5.41, 5.74) is 2.48. The van der Waals surface area contributed by atoms with Crippen molar-refractivity contribution in [3.63, 3.8) is 0 Å². The van der Waals surface area contributed by atoms with Crippen LogP contribution in [0.4, 0.5) is 5.69 Å². The fourth-order valence-corrected chi connectivity index (χ4v) is 2.48. The highest BCUT2D eigenvalue weighted by Gasteiger charge is 2.17. The molecule has 0 saturated heterocycles. The summed E-state index contributed by atoms with van der Waals surface area (Å²) in [6.07, 6.45) is 3.63. The van der Waals surface area contributed by atoms with Crippen LogP contribution in [0.3, 0.4) is 0 Å². The Morgan fingerprint density at radius 2 is 1.65 bits per heavy atom. The van der Waals surface area contributed by atoms with Crippen molar-refractivity contribution >= 4 is 5.69 Å². The smallest absolute Gasteiger partial charge is 0.0520 e. The molecular formula is C17H23N3. The van der Waals surface area contributed by atoms with Crippen LogP contribution in [0.5, 0.6) is 0 Å². The van der Waals surface area contributed by atoms with Gasteiger partial charge in [0.2, 0.25) is 0 Å². The maximum atomic E-state index is 4.05. The third kappa shape index (κ3) is 3.81. The summed E-state index contributed by atoms with van der Waals surface area (Å²) in [6.45, 7) is 7.43. The van der Waals surface area contributed by atoms with Crippen molar-refractivity contribution < 1.29 is 0 Å². The molecule has 106 valence electrons. The van der Waals surface area contributed by atoms with Gasteiger partial charge in [-0.1, -0.05) is 44.2 Å². The molecule has 1 atom stereocenters. The van der Waals surface area contributed by atoms with Crippen LogP contribution in [-0.2, 0) is 0 Å². The Bertz CT molecular complexity index is 480. The molecule has 0 bridgehead atoms. The number of hydrogen-bond donors (Lipinski definition) is 1. The zero-order valence-corrected chi connectivity index (χ0v) is 12.3. The monoisotopic (exact) mass is 269 g/mol. The molecular weight excluding hydrogens is 246 g/mol. The Labute approximate surface area is 121 Å². The molecule has 3 nitrogen and oxygen atoms in total. The number of likely N-dealkylation sites (N-methyl/N-ethyl adjacent to an activating group) is 1. The lowest BCUT2D eigenvalue weighted by Crippen LogP contribution is -2.33. The normalized spacial score (nSPS) is 12.3. The fraction of sp³-hybridized carbons (Fsp3) is 0.353. The van der Waals surface area contributed by atoms with E-state index in [0.29, 0.717) is 6.04 Å². The molecule has 0 aliphatic rings. The Morgan fingerprint density at radius 3 is 2.25 bits per heavy atom. The largest absolute Gasteiger partial charge is 0.383 e. The highest BCUT2D eigenvalue weighted by Crippen LogP contribution is 2.21. The van der Waals surface area contributed by atoms with Crippen molar-refractivity contribution in [2.45, 2.75) is 19.9 Å². The summed E-state index contributed by atoms with van der Waals surface area (Å²) in [7, 11) is 0. The lowest BCUT2D eigenvalue weighted by Gasteiger charge is -2.30. The van der Waals surface area contributed by atoms with E-state index in [1.165, 1.54) is 5.56 Å². The summed E-state index contributed by atoms with van der Waals surface area (Å²) < 4.78 is 0. The summed E-state index contributed by atoms with van der Waals surface area (Å²) in [5.74, 6) is 0. The van der Waals surface area contributed by atoms with E-state index >= 15 is 0 Å². The van der Waals surface area contributed by atoms with Crippen molar-refractivity contribution in [1.82, 2.24) is 9.88 Å². The zero-order valence-electron chi connectivity index (χ0n) is 12.3. The average molecular weight is 269 g/mol. The first kappa shape index (κ1) is 14.5. The van der Waals surface area contributed by atoms with Crippen molar-refractivity contribution in [3.8, 4) is 0 Å². The van der Waals surface area contributed by atoms with Crippen LogP contribution in [0.1, 0.15) is 25.5 Å². The van der Waals surface area contributed by atoms with E-state index in [2.05, 4.69) is 59.4 Å². The molecule has 3 heteroatoms. The first-order chi connectivity index (χ1) is 9.85. The molecule has 0 spiro atoms. The van der Waals surface area contributed by atoms with Gasteiger partial charge in [-0.3, -0.25) is 9.88 Å². The summed E-state index contributed by atoms with van der Waals surface area (Å²) in [6, 6.07) is 15.1. The Morgan fingerprint density at radius 1 is 1.00 bits per heavy atom. The van der Waals surface area contributed by atoms with Gasteiger partial charge in [-0.25, -0.2) is 0 Å². The van der Waals surface area contributed by atoms with Gasteiger partial charge < -0.3 is 5.32 Å². The quantitative estimate of drug-likeness (QED) is 0.832. The number of hydrogen-bond acceptors (Lipinski definition) is 3. The fourth-order valence-electron chi connectivity index (χ4n) is 2.48. The maximum absolute atomic E-state index is 4.05. The van der Waals surface area contributed by atoms with Crippen LogP contribution in [0, 0.1) is 0 Å². The van der Waals surface area contributed by atoms with Gasteiger partial charge >= 0.3 is 0 Å². The number of anilines is 1. The Hall–Kier alpha value is -1.87. The highest BCUT2D eigenvalue weighted by atomic mass is 15.2. The molecule has 20 heavy (non-hydrogen) atoms. The zero-order chi connectivity index (χ0) is 14.2. The van der Waals surface area contributed by atoms with Crippen LogP contribution in [0.2, 0.25) is 0 Å². The molecule has 0 radical (unpaired) electrons. The topological polar surface area (TPSA) is 28.2 Å². The van der Waals surface area contributed by atoms with Gasteiger partial charge in [-0.2, -0.15) is 0 Å². The second-order valence-electron chi connectivity index (χ2n) is 4.76. The van der Waals surface area contributed by atoms with Crippen LogP contribution in [-0.4, -0.2) is 29.5 Å². The van der Waals surface area contributed by atoms with E-state index < -0.39 is 0 Å². The van der Waals surface area contributed by atoms with E-state index in [9.17, 15) is 0 Å². The van der Waals surface area contributed by atoms with Gasteiger partial charge in [0.25, 0.3) is 0 Å². The van der Waals surface area contributed by atoms with Crippen molar-refractivity contribution in [2.75, 3.05) is 25.0 Å². The molecule has 1 heterocycles. The first-order valence-corrected chi connectivity index (χ1v) is 7.28. The van der Waals surface area contributed by atoms with Crippen molar-refractivity contribution in [2.24, 2.45) is 0 Å². The number of nitrogens with one attached hydrogen (secondary N) is 1. The molecule has 2 rings (SSSR count). The number of benzene rings is 1. The third-order valence-electron chi connectivity index (χ3n) is 3.62. The van der Waals surface area contributed by atoms with Crippen LogP contribution in [0.25, 0.3) is 0 Å². The molecule has 0 aliphatic carbocycles. The molecule has 2 aromatic rings. The average Bonchev–Trinajstić information content (AvgIpc) is 2.53. The van der Waals surface area contributed by atoms with E-state index in [1.54, 1.807) is 0 Å². The SMILES string of the molecule is CCN(CC)C(CNc1ccncc1)c1ccccc1. The summed E-state index contributed by atoms with van der Waals surface area (Å²) in [5, 5.41) is 3.51. The van der Waals surface area contributed by atoms with Crippen molar-refractivity contribution in [3.05, 3.63) is 60.4 Å². The van der Waals surface area contributed by atoms with Gasteiger partial charge in [-0.15, -0.1) is 0 Å². The van der Waals surface area contributed by atoms with Gasteiger partial charge in [0.05, 0.1) is 6.04 Å². The summed E-state index contributed by atoms with van der Waals surface area (Å²) >= 11 is 0. The molecule has 0 saturated carbocycles. The van der Waals surface area contributed by atoms with Crippen molar-refractivity contribution in [1.29, 1.82) is 0 Å². The Kier molecular flexibility index (Phi) is 5.56. The number of rotatable bonds is 7. The third-order valence-corrected chi connectivity index (χ3v) is 3.62. The second kappa shape index (κ2) is 7.65. The minimum Gasteiger partial charge on any atom is -0.383 e. The second-order valence-corrected chi connectivity index (χ2v) is 4.76. The summed E-state index contributed by atoms with van der Waals surface area (Å²) in [4.78, 5) is 6.52. The standard InChI is InChI=1S/C17H23N3/c1-3-20(4-2)17(15-8-6-5-7-9-15)14-19-16-10-12-18-13-11-16/h5-13,17H,3-4,14H2,1-2H3,(H,18,19). The molecule has 0 fully saturated rings. The lowest BCUT2D eigenvalue weighted by atomic mass is 10.0. The molecule has 1 N–H and O–H groups in total. The predicted molar refractivity (Wildman–Crippen MR) is 84.8 cm³/mol. The van der Waals surface area contributed by atoms with E-state index in [4.69, 9.17) is 0 Å².